The van der Waals surface area contributed by atoms with Crippen molar-refractivity contribution >= 4 is 6.29 Å². The maximum atomic E-state index is 10.8. The summed E-state index contributed by atoms with van der Waals surface area (Å²) < 4.78 is 5.48. The van der Waals surface area contributed by atoms with E-state index in [2.05, 4.69) is 13.0 Å². The molecule has 1 aliphatic heterocycles. The molecule has 1 rings (SSSR count). The molecule has 2 atom stereocenters. The molecule has 2 heteroatoms. The van der Waals surface area contributed by atoms with Gasteiger partial charge in [0.25, 0.3) is 0 Å². The number of allylic oxidation sites excluding steroid dienone is 1. The summed E-state index contributed by atoms with van der Waals surface area (Å²) in [6.45, 7) is 2.99. The van der Waals surface area contributed by atoms with Crippen molar-refractivity contribution in [3.63, 3.8) is 0 Å². The molecule has 0 spiro atoms. The van der Waals surface area contributed by atoms with E-state index in [-0.39, 0.29) is 12.0 Å². The predicted octanol–water partition coefficient (Wildman–Crippen LogP) is 2.73. The molecule has 1 aliphatic rings. The van der Waals surface area contributed by atoms with E-state index < -0.39 is 0 Å². The summed E-state index contributed by atoms with van der Waals surface area (Å²) in [6.07, 6.45) is 10.9. The number of hydrogen-bond acceptors (Lipinski definition) is 2. The Bertz CT molecular complexity index is 181. The number of carbonyl (C=O) groups excluding carboxylic acids is 1. The third kappa shape index (κ3) is 3.62. The Kier molecular flexibility index (Phi) is 5.53. The summed E-state index contributed by atoms with van der Waals surface area (Å²) in [6, 6.07) is 0. The van der Waals surface area contributed by atoms with Crippen molar-refractivity contribution in [1.82, 2.24) is 0 Å². The van der Waals surface area contributed by atoms with Crippen LogP contribution in [0.15, 0.2) is 12.2 Å². The van der Waals surface area contributed by atoms with Crippen molar-refractivity contribution in [2.24, 2.45) is 5.92 Å². The number of hydrogen-bond donors (Lipinski definition) is 0. The van der Waals surface area contributed by atoms with Gasteiger partial charge in [-0.2, -0.15) is 0 Å². The van der Waals surface area contributed by atoms with E-state index in [9.17, 15) is 4.79 Å². The van der Waals surface area contributed by atoms with Gasteiger partial charge in [0.2, 0.25) is 0 Å². The van der Waals surface area contributed by atoms with E-state index in [0.29, 0.717) is 0 Å². The van der Waals surface area contributed by atoms with Gasteiger partial charge in [0.1, 0.15) is 6.29 Å². The molecular formula is C12H20O2. The molecule has 2 nitrogen and oxygen atoms in total. The largest absolute Gasteiger partial charge is 0.377 e. The van der Waals surface area contributed by atoms with Crippen LogP contribution in [0.1, 0.15) is 39.0 Å². The molecule has 80 valence electrons. The maximum Gasteiger partial charge on any atom is 0.129 e. The van der Waals surface area contributed by atoms with Gasteiger partial charge in [0.05, 0.1) is 12.0 Å². The van der Waals surface area contributed by atoms with Crippen LogP contribution in [-0.2, 0) is 9.53 Å². The highest BCUT2D eigenvalue weighted by molar-refractivity contribution is 5.57. The molecule has 1 fully saturated rings. The Morgan fingerprint density at radius 1 is 1.57 bits per heavy atom. The first-order chi connectivity index (χ1) is 6.88. The van der Waals surface area contributed by atoms with Crippen molar-refractivity contribution in [3.8, 4) is 0 Å². The highest BCUT2D eigenvalue weighted by Gasteiger charge is 2.23. The lowest BCUT2D eigenvalue weighted by molar-refractivity contribution is -0.112. The smallest absolute Gasteiger partial charge is 0.129 e. The number of ether oxygens (including phenoxy) is 1. The molecule has 1 heterocycles. The predicted molar refractivity (Wildman–Crippen MR) is 57.2 cm³/mol. The molecule has 0 aliphatic carbocycles. The molecule has 0 aromatic heterocycles. The summed E-state index contributed by atoms with van der Waals surface area (Å²) in [4.78, 5) is 10.8. The van der Waals surface area contributed by atoms with E-state index in [4.69, 9.17) is 4.74 Å². The first-order valence-electron chi connectivity index (χ1n) is 5.62. The average molecular weight is 196 g/mol. The van der Waals surface area contributed by atoms with Crippen LogP contribution in [0.4, 0.5) is 0 Å². The SMILES string of the molecule is CCCC/C=C/[C@@H](C=O)[C@@H]1CCCO1. The third-order valence-electron chi connectivity index (χ3n) is 2.63. The summed E-state index contributed by atoms with van der Waals surface area (Å²) in [5, 5.41) is 0. The van der Waals surface area contributed by atoms with Crippen LogP contribution in [-0.4, -0.2) is 19.0 Å². The minimum atomic E-state index is -0.0191. The Morgan fingerprint density at radius 3 is 3.00 bits per heavy atom. The molecule has 0 radical (unpaired) electrons. The fourth-order valence-corrected chi connectivity index (χ4v) is 1.74. The Hall–Kier alpha value is -0.630. The zero-order valence-electron chi connectivity index (χ0n) is 8.95. The number of unbranched alkanes of at least 4 members (excludes halogenated alkanes) is 2. The highest BCUT2D eigenvalue weighted by atomic mass is 16.5. The van der Waals surface area contributed by atoms with Gasteiger partial charge in [-0.25, -0.2) is 0 Å². The van der Waals surface area contributed by atoms with Crippen molar-refractivity contribution in [1.29, 1.82) is 0 Å². The quantitative estimate of drug-likeness (QED) is 0.371. The van der Waals surface area contributed by atoms with Gasteiger partial charge in [-0.3, -0.25) is 0 Å². The molecule has 0 amide bonds. The molecular weight excluding hydrogens is 176 g/mol. The average Bonchev–Trinajstić information content (AvgIpc) is 2.71. The fraction of sp³-hybridized carbons (Fsp3) is 0.750. The highest BCUT2D eigenvalue weighted by Crippen LogP contribution is 2.20. The Labute approximate surface area is 86.3 Å². The van der Waals surface area contributed by atoms with Crippen LogP contribution in [0.3, 0.4) is 0 Å². The van der Waals surface area contributed by atoms with Gasteiger partial charge in [0, 0.05) is 6.61 Å². The van der Waals surface area contributed by atoms with E-state index in [1.807, 2.05) is 6.08 Å². The summed E-state index contributed by atoms with van der Waals surface area (Å²) >= 11 is 0. The van der Waals surface area contributed by atoms with E-state index in [0.717, 1.165) is 32.2 Å². The summed E-state index contributed by atoms with van der Waals surface area (Å²) in [5.41, 5.74) is 0. The topological polar surface area (TPSA) is 26.3 Å². The molecule has 0 unspecified atom stereocenters. The molecule has 0 saturated carbocycles. The van der Waals surface area contributed by atoms with Crippen molar-refractivity contribution in [2.45, 2.75) is 45.1 Å². The van der Waals surface area contributed by atoms with Crippen LogP contribution >= 0.6 is 0 Å². The normalized spacial score (nSPS) is 24.2. The molecule has 0 bridgehead atoms. The van der Waals surface area contributed by atoms with Gasteiger partial charge in [-0.15, -0.1) is 0 Å². The van der Waals surface area contributed by atoms with Crippen molar-refractivity contribution < 1.29 is 9.53 Å². The minimum Gasteiger partial charge on any atom is -0.377 e. The van der Waals surface area contributed by atoms with Crippen molar-refractivity contribution in [3.05, 3.63) is 12.2 Å². The number of carbonyl (C=O) groups is 1. The van der Waals surface area contributed by atoms with Crippen LogP contribution in [0.25, 0.3) is 0 Å². The molecule has 14 heavy (non-hydrogen) atoms. The fourth-order valence-electron chi connectivity index (χ4n) is 1.74. The monoisotopic (exact) mass is 196 g/mol. The Balaban J connectivity index is 2.29. The van der Waals surface area contributed by atoms with Gasteiger partial charge in [0.15, 0.2) is 0 Å². The molecule has 0 aromatic carbocycles. The first-order valence-corrected chi connectivity index (χ1v) is 5.62. The lowest BCUT2D eigenvalue weighted by Gasteiger charge is -2.12. The number of aldehydes is 1. The second-order valence-corrected chi connectivity index (χ2v) is 3.84. The van der Waals surface area contributed by atoms with Crippen LogP contribution < -0.4 is 0 Å². The zero-order chi connectivity index (χ0) is 10.2. The van der Waals surface area contributed by atoms with E-state index >= 15 is 0 Å². The van der Waals surface area contributed by atoms with E-state index in [1.165, 1.54) is 12.8 Å². The van der Waals surface area contributed by atoms with Crippen molar-refractivity contribution in [2.75, 3.05) is 6.61 Å². The molecule has 0 N–H and O–H groups in total. The second kappa shape index (κ2) is 6.77. The summed E-state index contributed by atoms with van der Waals surface area (Å²) in [7, 11) is 0. The van der Waals surface area contributed by atoms with Crippen LogP contribution in [0.5, 0.6) is 0 Å². The third-order valence-corrected chi connectivity index (χ3v) is 2.63. The molecule has 0 aromatic rings. The lowest BCUT2D eigenvalue weighted by atomic mass is 10.0. The van der Waals surface area contributed by atoms with Gasteiger partial charge in [-0.1, -0.05) is 31.9 Å². The second-order valence-electron chi connectivity index (χ2n) is 3.84. The standard InChI is InChI=1S/C12H20O2/c1-2-3-4-5-7-11(10-13)12-8-6-9-14-12/h5,7,10-12H,2-4,6,8-9H2,1H3/b7-5+/t11-,12-/m0/s1. The van der Waals surface area contributed by atoms with Crippen LogP contribution in [0, 0.1) is 5.92 Å². The molecule has 1 saturated heterocycles. The first kappa shape index (κ1) is 11.4. The van der Waals surface area contributed by atoms with Crippen LogP contribution in [0.2, 0.25) is 0 Å². The number of rotatable bonds is 6. The van der Waals surface area contributed by atoms with Gasteiger partial charge in [-0.05, 0) is 19.3 Å². The Morgan fingerprint density at radius 2 is 2.43 bits per heavy atom. The van der Waals surface area contributed by atoms with E-state index in [1.54, 1.807) is 0 Å². The maximum absolute atomic E-state index is 10.8. The summed E-state index contributed by atoms with van der Waals surface area (Å²) in [5.74, 6) is -0.0191. The van der Waals surface area contributed by atoms with Gasteiger partial charge >= 0.3 is 0 Å². The minimum absolute atomic E-state index is 0.0191. The van der Waals surface area contributed by atoms with Gasteiger partial charge < -0.3 is 9.53 Å². The lowest BCUT2D eigenvalue weighted by Crippen LogP contribution is -2.18. The zero-order valence-corrected chi connectivity index (χ0v) is 8.95.